The Kier molecular flexibility index (Phi) is 2.96. The van der Waals surface area contributed by atoms with E-state index in [0.29, 0.717) is 18.6 Å². The molecule has 0 heterocycles. The average molecular weight is 164 g/mol. The van der Waals surface area contributed by atoms with Crippen LogP contribution in [0, 0.1) is 5.92 Å². The minimum atomic E-state index is 0.321. The Morgan fingerprint density at radius 2 is 2.30 bits per heavy atom. The van der Waals surface area contributed by atoms with Crippen LogP contribution in [0.5, 0.6) is 0 Å². The van der Waals surface area contributed by atoms with Gasteiger partial charge >= 0.3 is 0 Å². The van der Waals surface area contributed by atoms with Crippen LogP contribution in [-0.2, 0) is 0 Å². The van der Waals surface area contributed by atoms with Crippen LogP contribution in [0.1, 0.15) is 19.3 Å². The Balaban J connectivity index is 2.28. The highest BCUT2D eigenvalue weighted by molar-refractivity contribution is 6.13. The van der Waals surface area contributed by atoms with E-state index in [1.54, 1.807) is 4.42 Å². The molecule has 0 amide bonds. The number of nitrogens with zero attached hydrogens (tertiary/aromatic N) is 1. The fourth-order valence-corrected chi connectivity index (χ4v) is 1.71. The molecule has 2 nitrogen and oxygen atoms in total. The lowest BCUT2D eigenvalue weighted by Gasteiger charge is -2.15. The van der Waals surface area contributed by atoms with E-state index in [2.05, 4.69) is 0 Å². The smallest absolute Gasteiger partial charge is 0.0459 e. The molecule has 0 aromatic heterocycles. The van der Waals surface area contributed by atoms with Crippen molar-refractivity contribution in [2.45, 2.75) is 25.3 Å². The van der Waals surface area contributed by atoms with Gasteiger partial charge in [0.1, 0.15) is 0 Å². The van der Waals surface area contributed by atoms with Crippen molar-refractivity contribution >= 4 is 11.8 Å². The summed E-state index contributed by atoms with van der Waals surface area (Å²) in [6, 6.07) is 0.485. The molecule has 0 aromatic rings. The predicted molar refractivity (Wildman–Crippen MR) is 41.8 cm³/mol. The van der Waals surface area contributed by atoms with Gasteiger partial charge in [-0.3, -0.25) is 0 Å². The molecule has 0 aliphatic heterocycles. The first-order valence-corrected chi connectivity index (χ1v) is 4.07. The van der Waals surface area contributed by atoms with Gasteiger partial charge in [-0.2, -0.15) is 0 Å². The third-order valence-electron chi connectivity index (χ3n) is 2.27. The van der Waals surface area contributed by atoms with Crippen LogP contribution < -0.4 is 0 Å². The zero-order chi connectivity index (χ0) is 7.56. The zero-order valence-electron chi connectivity index (χ0n) is 6.26. The first-order chi connectivity index (χ1) is 4.74. The summed E-state index contributed by atoms with van der Waals surface area (Å²) in [6.45, 7) is 0.321. The number of aliphatic hydroxyl groups is 1. The molecular weight excluding hydrogens is 150 g/mol. The van der Waals surface area contributed by atoms with E-state index in [-0.39, 0.29) is 0 Å². The summed E-state index contributed by atoms with van der Waals surface area (Å²) in [4.78, 5) is 0. The zero-order valence-corrected chi connectivity index (χ0v) is 7.01. The molecule has 0 unspecified atom stereocenters. The van der Waals surface area contributed by atoms with Gasteiger partial charge in [0.15, 0.2) is 0 Å². The SMILES string of the molecule is CN(Cl)[C@H]1CC[C@@H](CO)C1. The van der Waals surface area contributed by atoms with Gasteiger partial charge in [0.2, 0.25) is 0 Å². The van der Waals surface area contributed by atoms with Crippen molar-refractivity contribution in [3.05, 3.63) is 0 Å². The van der Waals surface area contributed by atoms with Crippen LogP contribution in [0.4, 0.5) is 0 Å². The van der Waals surface area contributed by atoms with Crippen molar-refractivity contribution in [1.29, 1.82) is 0 Å². The summed E-state index contributed by atoms with van der Waals surface area (Å²) >= 11 is 5.76. The van der Waals surface area contributed by atoms with E-state index in [4.69, 9.17) is 16.9 Å². The van der Waals surface area contributed by atoms with Gasteiger partial charge in [-0.1, -0.05) is 0 Å². The minimum absolute atomic E-state index is 0.321. The lowest BCUT2D eigenvalue weighted by atomic mass is 10.1. The van der Waals surface area contributed by atoms with Crippen molar-refractivity contribution in [1.82, 2.24) is 4.42 Å². The van der Waals surface area contributed by atoms with Crippen LogP contribution in [0.2, 0.25) is 0 Å². The third kappa shape index (κ3) is 1.84. The molecule has 1 aliphatic rings. The summed E-state index contributed by atoms with van der Waals surface area (Å²) in [5.74, 6) is 0.492. The summed E-state index contributed by atoms with van der Waals surface area (Å²) in [5, 5.41) is 8.80. The minimum Gasteiger partial charge on any atom is -0.396 e. The highest BCUT2D eigenvalue weighted by Gasteiger charge is 2.25. The Morgan fingerprint density at radius 1 is 1.60 bits per heavy atom. The van der Waals surface area contributed by atoms with Crippen LogP contribution in [0.15, 0.2) is 0 Å². The molecule has 0 aromatic carbocycles. The topological polar surface area (TPSA) is 23.5 Å². The van der Waals surface area contributed by atoms with Crippen molar-refractivity contribution in [2.24, 2.45) is 5.92 Å². The Hall–Kier alpha value is 0.210. The average Bonchev–Trinajstić information content (AvgIpc) is 2.34. The van der Waals surface area contributed by atoms with E-state index < -0.39 is 0 Å². The van der Waals surface area contributed by atoms with Gasteiger partial charge in [-0.25, -0.2) is 4.42 Å². The molecule has 0 radical (unpaired) electrons. The molecule has 10 heavy (non-hydrogen) atoms. The first-order valence-electron chi connectivity index (χ1n) is 3.73. The highest BCUT2D eigenvalue weighted by atomic mass is 35.5. The van der Waals surface area contributed by atoms with E-state index in [1.165, 1.54) is 0 Å². The largest absolute Gasteiger partial charge is 0.396 e. The molecule has 0 spiro atoms. The number of hydrogen-bond acceptors (Lipinski definition) is 2. The molecule has 1 saturated carbocycles. The third-order valence-corrected chi connectivity index (χ3v) is 2.55. The Bertz CT molecular complexity index is 108. The van der Waals surface area contributed by atoms with E-state index in [1.807, 2.05) is 7.05 Å². The lowest BCUT2D eigenvalue weighted by Crippen LogP contribution is -2.20. The van der Waals surface area contributed by atoms with E-state index >= 15 is 0 Å². The maximum absolute atomic E-state index is 8.80. The molecule has 1 aliphatic carbocycles. The number of hydrogen-bond donors (Lipinski definition) is 1. The second-order valence-corrected chi connectivity index (χ2v) is 3.57. The molecule has 1 rings (SSSR count). The second kappa shape index (κ2) is 3.56. The Labute approximate surface area is 66.9 Å². The standard InChI is InChI=1S/C7H14ClNO/c1-9(8)7-3-2-6(4-7)5-10/h6-7,10H,2-5H2,1H3/t6-,7+/m1/s1. The second-order valence-electron chi connectivity index (χ2n) is 3.04. The summed E-state index contributed by atoms with van der Waals surface area (Å²) in [5.41, 5.74) is 0. The monoisotopic (exact) mass is 163 g/mol. The molecule has 2 atom stereocenters. The molecular formula is C7H14ClNO. The van der Waals surface area contributed by atoms with Crippen LogP contribution in [-0.4, -0.2) is 29.2 Å². The first kappa shape index (κ1) is 8.31. The normalized spacial score (nSPS) is 33.6. The van der Waals surface area contributed by atoms with E-state index in [9.17, 15) is 0 Å². The number of rotatable bonds is 2. The fourth-order valence-electron chi connectivity index (χ4n) is 1.54. The van der Waals surface area contributed by atoms with Crippen LogP contribution >= 0.6 is 11.8 Å². The maximum Gasteiger partial charge on any atom is 0.0459 e. The maximum atomic E-state index is 8.80. The van der Waals surface area contributed by atoms with Gasteiger partial charge in [0, 0.05) is 19.7 Å². The molecule has 3 heteroatoms. The molecule has 0 bridgehead atoms. The van der Waals surface area contributed by atoms with Crippen molar-refractivity contribution in [3.8, 4) is 0 Å². The predicted octanol–water partition coefficient (Wildman–Crippen LogP) is 1.23. The molecule has 60 valence electrons. The van der Waals surface area contributed by atoms with Gasteiger partial charge in [-0.05, 0) is 37.0 Å². The Morgan fingerprint density at radius 3 is 2.60 bits per heavy atom. The molecule has 0 saturated heterocycles. The van der Waals surface area contributed by atoms with Crippen LogP contribution in [0.25, 0.3) is 0 Å². The van der Waals surface area contributed by atoms with Gasteiger partial charge in [0.05, 0.1) is 0 Å². The van der Waals surface area contributed by atoms with Crippen molar-refractivity contribution in [2.75, 3.05) is 13.7 Å². The summed E-state index contributed by atoms with van der Waals surface area (Å²) in [6.07, 6.45) is 3.31. The van der Waals surface area contributed by atoms with Gasteiger partial charge in [0.25, 0.3) is 0 Å². The number of aliphatic hydroxyl groups excluding tert-OH is 1. The van der Waals surface area contributed by atoms with Gasteiger partial charge in [-0.15, -0.1) is 0 Å². The van der Waals surface area contributed by atoms with Crippen LogP contribution in [0.3, 0.4) is 0 Å². The fraction of sp³-hybridized carbons (Fsp3) is 1.00. The van der Waals surface area contributed by atoms with E-state index in [0.717, 1.165) is 19.3 Å². The van der Waals surface area contributed by atoms with Crippen molar-refractivity contribution < 1.29 is 5.11 Å². The summed E-state index contributed by atoms with van der Waals surface area (Å²) < 4.78 is 1.73. The van der Waals surface area contributed by atoms with Crippen molar-refractivity contribution in [3.63, 3.8) is 0 Å². The molecule has 1 fully saturated rings. The number of halogens is 1. The molecule has 1 N–H and O–H groups in total. The highest BCUT2D eigenvalue weighted by Crippen LogP contribution is 2.28. The summed E-state index contributed by atoms with van der Waals surface area (Å²) in [7, 11) is 1.88. The van der Waals surface area contributed by atoms with Gasteiger partial charge < -0.3 is 5.11 Å². The quantitative estimate of drug-likeness (QED) is 0.620. The lowest BCUT2D eigenvalue weighted by molar-refractivity contribution is 0.224.